The summed E-state index contributed by atoms with van der Waals surface area (Å²) in [5.41, 5.74) is 0.622. The summed E-state index contributed by atoms with van der Waals surface area (Å²) in [4.78, 5) is 48.4. The van der Waals surface area contributed by atoms with Crippen LogP contribution in [0.4, 0.5) is 0 Å². The molecule has 0 bridgehead atoms. The number of sulfonamides is 2. The third-order valence-electron chi connectivity index (χ3n) is 9.22. The Morgan fingerprint density at radius 3 is 1.41 bits per heavy atom. The quantitative estimate of drug-likeness (QED) is 0.0210. The molecule has 0 aliphatic rings. The number of benzene rings is 4. The molecule has 0 heterocycles. The summed E-state index contributed by atoms with van der Waals surface area (Å²) >= 11 is 0. The van der Waals surface area contributed by atoms with Crippen molar-refractivity contribution in [1.82, 2.24) is 30.7 Å². The minimum atomic E-state index is -4.76. The van der Waals surface area contributed by atoms with Gasteiger partial charge < -0.3 is 34.8 Å². The number of amides is 4. The van der Waals surface area contributed by atoms with Crippen molar-refractivity contribution in [2.45, 2.75) is 80.1 Å². The van der Waals surface area contributed by atoms with Gasteiger partial charge in [0.05, 0.1) is 9.79 Å². The monoisotopic (exact) mass is 957 g/mol. The van der Waals surface area contributed by atoms with Gasteiger partial charge in [-0.15, -0.1) is 0 Å². The number of carbonyl (C=O) groups excluding carboxylic acids is 4. The van der Waals surface area contributed by atoms with Crippen molar-refractivity contribution < 1.29 is 70.6 Å². The van der Waals surface area contributed by atoms with Gasteiger partial charge in [-0.05, 0) is 79.2 Å². The predicted molar refractivity (Wildman–Crippen MR) is 219 cm³/mol. The largest absolute Gasteiger partial charge is 0.507 e. The van der Waals surface area contributed by atoms with Gasteiger partial charge in [0.1, 0.15) is 17.8 Å². The van der Waals surface area contributed by atoms with Crippen molar-refractivity contribution >= 4 is 86.7 Å². The van der Waals surface area contributed by atoms with Crippen molar-refractivity contribution in [3.05, 3.63) is 60.7 Å². The molecule has 0 aliphatic carbocycles. The van der Waals surface area contributed by atoms with Crippen molar-refractivity contribution in [2.75, 3.05) is 26.2 Å². The number of nitrogens with one attached hydrogen (secondary N) is 6. The zero-order valence-corrected chi connectivity index (χ0v) is 37.3. The van der Waals surface area contributed by atoms with E-state index in [1.165, 1.54) is 24.3 Å². The first-order valence-electron chi connectivity index (χ1n) is 18.3. The van der Waals surface area contributed by atoms with Crippen LogP contribution in [0.5, 0.6) is 5.75 Å². The van der Waals surface area contributed by atoms with E-state index in [4.69, 9.17) is 0 Å². The third kappa shape index (κ3) is 11.4. The summed E-state index contributed by atoms with van der Waals surface area (Å²) in [6, 6.07) is 4.66. The van der Waals surface area contributed by atoms with E-state index < -0.39 is 70.2 Å². The number of carbonyl (C=O) groups is 4. The molecule has 0 aromatic heterocycles. The van der Waals surface area contributed by atoms with Gasteiger partial charge in [0.2, 0.25) is 43.7 Å². The Balaban J connectivity index is 0.00000930. The van der Waals surface area contributed by atoms with E-state index in [2.05, 4.69) is 43.9 Å². The first kappa shape index (κ1) is 48.9. The fourth-order valence-electron chi connectivity index (χ4n) is 6.16. The topological polar surface area (TPSA) is 263 Å². The molecular weight excluding hydrogens is 909 g/mol. The van der Waals surface area contributed by atoms with E-state index in [1.54, 1.807) is 27.7 Å². The fourth-order valence-corrected chi connectivity index (χ4v) is 9.81. The maximum atomic E-state index is 14.3. The van der Waals surface area contributed by atoms with Crippen LogP contribution in [-0.2, 0) is 79.4 Å². The Bertz CT molecular complexity index is 2480. The number of hydrogen-bond acceptors (Lipinski definition) is 12. The Hall–Kier alpha value is -4.46. The standard InChI is InChI=1S/C38H47N6O11S3.Mo/c1-7-27(37(48)41-17-9-15-39-35(46)21(3)4)43-57(52,53)31-20-32(58(54,55)44-28(8-2)38(49)42-18-10-16-40-36(47)22(5)6)26-14-12-24-30(56(50)51)19-29(45)23-11-13-25(31)34(26)33(23)24;/h11-14,19-20,27-28,43-45H,3,5,7-10,15-18H2,1-2,4,6H3,(H,39,46)(H,40,47)(H,41,48)(H,42,49);/q-1;. The minimum Gasteiger partial charge on any atom is -0.507 e. The summed E-state index contributed by atoms with van der Waals surface area (Å²) in [6.45, 7) is 13.9. The molecule has 4 aromatic rings. The molecule has 0 radical (unpaired) electrons. The van der Waals surface area contributed by atoms with Crippen LogP contribution >= 0.6 is 0 Å². The van der Waals surface area contributed by atoms with Gasteiger partial charge in [0, 0.05) is 79.9 Å². The van der Waals surface area contributed by atoms with Crippen LogP contribution in [0, 0.1) is 0 Å². The number of phenolic OH excluding ortho intramolecular Hbond substituents is 1. The average molecular weight is 956 g/mol. The second-order valence-electron chi connectivity index (χ2n) is 13.6. The summed E-state index contributed by atoms with van der Waals surface area (Å²) in [7, 11) is -12.4. The zero-order chi connectivity index (χ0) is 43.1. The van der Waals surface area contributed by atoms with Crippen LogP contribution in [0.25, 0.3) is 32.3 Å². The van der Waals surface area contributed by atoms with Gasteiger partial charge in [-0.1, -0.05) is 50.1 Å². The zero-order valence-electron chi connectivity index (χ0n) is 32.9. The van der Waals surface area contributed by atoms with E-state index >= 15 is 0 Å². The Labute approximate surface area is 358 Å². The normalized spacial score (nSPS) is 12.8. The summed E-state index contributed by atoms with van der Waals surface area (Å²) < 4.78 is 86.6. The van der Waals surface area contributed by atoms with Crippen LogP contribution in [0.3, 0.4) is 0 Å². The number of rotatable bonds is 21. The Kier molecular flexibility index (Phi) is 17.1. The van der Waals surface area contributed by atoms with Crippen molar-refractivity contribution in [1.29, 1.82) is 0 Å². The second-order valence-corrected chi connectivity index (χ2v) is 17.9. The SMILES string of the molecule is C=C(C)C(=O)NCCCNC(=O)C(CC)NS(=O)(=O)c1cc(S(=O)(=O)NC(CC)C(=O)NCCCNC(=O)C(=C)C)c2ccc3c([S-](=O)=O)cc(O)c4ccc1c2c43.[Mo]. The molecule has 0 saturated heterocycles. The van der Waals surface area contributed by atoms with E-state index in [-0.39, 0.29) is 109 Å². The van der Waals surface area contributed by atoms with Gasteiger partial charge in [-0.3, -0.25) is 19.2 Å². The van der Waals surface area contributed by atoms with Gasteiger partial charge in [0.15, 0.2) is 0 Å². The molecule has 0 aliphatic heterocycles. The molecular formula is C38H47MoN6O11S3-. The molecule has 4 rings (SSSR count). The van der Waals surface area contributed by atoms with E-state index in [0.29, 0.717) is 24.0 Å². The van der Waals surface area contributed by atoms with Crippen molar-refractivity contribution in [2.24, 2.45) is 0 Å². The summed E-state index contributed by atoms with van der Waals surface area (Å²) in [5.74, 6) is -2.54. The van der Waals surface area contributed by atoms with Crippen LogP contribution in [0.15, 0.2) is 75.4 Å². The minimum absolute atomic E-state index is 0. The van der Waals surface area contributed by atoms with Crippen LogP contribution in [0.2, 0.25) is 0 Å². The summed E-state index contributed by atoms with van der Waals surface area (Å²) in [5, 5.41) is 21.6. The molecule has 0 fully saturated rings. The first-order valence-corrected chi connectivity index (χ1v) is 22.3. The molecule has 320 valence electrons. The molecule has 4 aromatic carbocycles. The van der Waals surface area contributed by atoms with Crippen LogP contribution in [-0.4, -0.2) is 83.8 Å². The molecule has 21 heteroatoms. The van der Waals surface area contributed by atoms with Crippen molar-refractivity contribution in [3.8, 4) is 5.75 Å². The Morgan fingerprint density at radius 1 is 0.644 bits per heavy atom. The Morgan fingerprint density at radius 2 is 1.02 bits per heavy atom. The molecule has 4 amide bonds. The third-order valence-corrected chi connectivity index (χ3v) is 12.9. The van der Waals surface area contributed by atoms with Crippen molar-refractivity contribution in [3.63, 3.8) is 0 Å². The predicted octanol–water partition coefficient (Wildman–Crippen LogP) is 2.47. The molecule has 2 atom stereocenters. The summed E-state index contributed by atoms with van der Waals surface area (Å²) in [6.07, 6.45) is 0.613. The number of aromatic hydroxyl groups is 1. The molecule has 0 spiro atoms. The molecule has 0 saturated carbocycles. The number of phenols is 1. The molecule has 7 N–H and O–H groups in total. The van der Waals surface area contributed by atoms with E-state index in [1.807, 2.05) is 0 Å². The molecule has 59 heavy (non-hydrogen) atoms. The average Bonchev–Trinajstić information content (AvgIpc) is 3.17. The second kappa shape index (κ2) is 20.7. The van der Waals surface area contributed by atoms with E-state index in [9.17, 15) is 49.5 Å². The smallest absolute Gasteiger partial charge is 0.246 e. The fraction of sp³-hybridized carbons (Fsp3) is 0.368. The van der Waals surface area contributed by atoms with Gasteiger partial charge >= 0.3 is 0 Å². The first-order chi connectivity index (χ1) is 27.2. The van der Waals surface area contributed by atoms with Gasteiger partial charge in [0.25, 0.3) is 0 Å². The van der Waals surface area contributed by atoms with Gasteiger partial charge in [-0.25, -0.2) is 16.8 Å². The number of hydrogen-bond donors (Lipinski definition) is 7. The van der Waals surface area contributed by atoms with E-state index in [0.717, 1.165) is 12.1 Å². The molecule has 17 nitrogen and oxygen atoms in total. The molecule has 2 unspecified atom stereocenters. The van der Waals surface area contributed by atoms with Gasteiger partial charge in [-0.2, -0.15) is 9.44 Å². The van der Waals surface area contributed by atoms with Crippen LogP contribution < -0.4 is 30.7 Å². The van der Waals surface area contributed by atoms with Crippen LogP contribution in [0.1, 0.15) is 53.4 Å². The maximum absolute atomic E-state index is 14.3. The maximum Gasteiger partial charge on any atom is 0.246 e.